The minimum Gasteiger partial charge on any atom is -0.306 e. The molecule has 0 saturated carbocycles. The van der Waals surface area contributed by atoms with E-state index in [4.69, 9.17) is 9.05 Å². The smallest absolute Gasteiger partial charge is 0.306 e. The Hall–Kier alpha value is -1.41. The molecule has 0 heterocycles. The highest BCUT2D eigenvalue weighted by Crippen LogP contribution is 2.50. The number of rotatable bonds is 6. The number of hydrogen-bond donors (Lipinski definition) is 0. The summed E-state index contributed by atoms with van der Waals surface area (Å²) in [6.45, 7) is 4.32. The Bertz CT molecular complexity index is 634. The van der Waals surface area contributed by atoms with Crippen LogP contribution in [-0.4, -0.2) is 13.2 Å². The van der Waals surface area contributed by atoms with E-state index in [1.807, 2.05) is 36.4 Å². The summed E-state index contributed by atoms with van der Waals surface area (Å²) in [6, 6.07) is 14.1. The Morgan fingerprint density at radius 1 is 1.00 bits per heavy atom. The molecule has 2 aromatic carbocycles. The van der Waals surface area contributed by atoms with Gasteiger partial charge in [0, 0.05) is 5.82 Å². The lowest BCUT2D eigenvalue weighted by Crippen LogP contribution is -1.92. The van der Waals surface area contributed by atoms with Gasteiger partial charge in [0.15, 0.2) is 0 Å². The lowest BCUT2D eigenvalue weighted by molar-refractivity contribution is 0.229. The summed E-state index contributed by atoms with van der Waals surface area (Å²) < 4.78 is 22.9. The van der Waals surface area contributed by atoms with Crippen LogP contribution < -0.4 is 0 Å². The molecule has 20 heavy (non-hydrogen) atoms. The molecule has 0 radical (unpaired) electrons. The predicted octanol–water partition coefficient (Wildman–Crippen LogP) is 5.08. The van der Waals surface area contributed by atoms with Gasteiger partial charge in [0.05, 0.1) is 13.2 Å². The highest BCUT2D eigenvalue weighted by atomic mass is 31.2. The summed E-state index contributed by atoms with van der Waals surface area (Å²) in [7, 11) is -3.14. The van der Waals surface area contributed by atoms with Gasteiger partial charge in [0.1, 0.15) is 0 Å². The van der Waals surface area contributed by atoms with Crippen LogP contribution in [0.3, 0.4) is 0 Å². The van der Waals surface area contributed by atoms with Crippen molar-refractivity contribution in [2.45, 2.75) is 13.8 Å². The topological polar surface area (TPSA) is 35.5 Å². The Labute approximate surface area is 119 Å². The van der Waals surface area contributed by atoms with E-state index in [1.165, 1.54) is 0 Å². The van der Waals surface area contributed by atoms with Crippen molar-refractivity contribution in [3.05, 3.63) is 53.8 Å². The fourth-order valence-corrected chi connectivity index (χ4v) is 3.36. The zero-order valence-electron chi connectivity index (χ0n) is 11.8. The van der Waals surface area contributed by atoms with Gasteiger partial charge in [-0.3, -0.25) is 4.57 Å². The third kappa shape index (κ3) is 3.57. The van der Waals surface area contributed by atoms with Crippen LogP contribution in [0.1, 0.15) is 19.4 Å². The summed E-state index contributed by atoms with van der Waals surface area (Å²) >= 11 is 0. The molecule has 2 aromatic rings. The average molecular weight is 290 g/mol. The minimum absolute atomic E-state index is 0.358. The van der Waals surface area contributed by atoms with Crippen molar-refractivity contribution in [1.82, 2.24) is 0 Å². The summed E-state index contributed by atoms with van der Waals surface area (Å²) in [6.07, 6.45) is 1.81. The molecule has 0 aliphatic rings. The molecule has 0 atom stereocenters. The second-order valence-corrected chi connectivity index (χ2v) is 6.15. The summed E-state index contributed by atoms with van der Waals surface area (Å²) in [5.74, 6) is 1.54. The molecule has 0 saturated heterocycles. The molecule has 2 rings (SSSR count). The van der Waals surface area contributed by atoms with Gasteiger partial charge in [-0.15, -0.1) is 0 Å². The number of fused-ring (bicyclic) bond motifs is 1. The van der Waals surface area contributed by atoms with Gasteiger partial charge in [-0.05, 0) is 36.3 Å². The van der Waals surface area contributed by atoms with Crippen molar-refractivity contribution in [1.29, 1.82) is 0 Å². The van der Waals surface area contributed by atoms with Crippen molar-refractivity contribution >= 4 is 24.4 Å². The highest BCUT2D eigenvalue weighted by Gasteiger charge is 2.18. The van der Waals surface area contributed by atoms with Crippen LogP contribution in [0, 0.1) is 0 Å². The monoisotopic (exact) mass is 290 g/mol. The molecule has 0 bridgehead atoms. The van der Waals surface area contributed by atoms with Gasteiger partial charge in [-0.1, -0.05) is 42.5 Å². The molecule has 4 heteroatoms. The molecule has 0 aliphatic carbocycles. The maximum atomic E-state index is 12.4. The molecule has 0 fully saturated rings. The molecule has 0 spiro atoms. The van der Waals surface area contributed by atoms with Crippen LogP contribution in [0.25, 0.3) is 16.8 Å². The molecular weight excluding hydrogens is 271 g/mol. The molecule has 0 amide bonds. The Balaban J connectivity index is 2.35. The molecule has 0 aromatic heterocycles. The lowest BCUT2D eigenvalue weighted by atomic mass is 10.1. The van der Waals surface area contributed by atoms with Gasteiger partial charge in [0.2, 0.25) is 0 Å². The van der Waals surface area contributed by atoms with Gasteiger partial charge < -0.3 is 9.05 Å². The van der Waals surface area contributed by atoms with Gasteiger partial charge >= 0.3 is 7.60 Å². The van der Waals surface area contributed by atoms with Crippen molar-refractivity contribution in [2.75, 3.05) is 13.2 Å². The summed E-state index contributed by atoms with van der Waals surface area (Å²) in [5.41, 5.74) is 1.00. The first-order valence-electron chi connectivity index (χ1n) is 6.74. The molecule has 0 N–H and O–H groups in total. The fraction of sp³-hybridized carbons (Fsp3) is 0.250. The number of benzene rings is 2. The zero-order valence-corrected chi connectivity index (χ0v) is 12.7. The second kappa shape index (κ2) is 6.85. The van der Waals surface area contributed by atoms with Crippen molar-refractivity contribution < 1.29 is 13.6 Å². The zero-order chi connectivity index (χ0) is 14.4. The van der Waals surface area contributed by atoms with Crippen molar-refractivity contribution in [3.8, 4) is 0 Å². The largest absolute Gasteiger partial charge is 0.354 e. The normalized spacial score (nSPS) is 12.3. The van der Waals surface area contributed by atoms with Crippen LogP contribution in [-0.2, 0) is 13.6 Å². The third-order valence-electron chi connectivity index (χ3n) is 2.88. The second-order valence-electron chi connectivity index (χ2n) is 4.26. The van der Waals surface area contributed by atoms with Gasteiger partial charge in [-0.2, -0.15) is 0 Å². The van der Waals surface area contributed by atoms with E-state index in [2.05, 4.69) is 12.1 Å². The predicted molar refractivity (Wildman–Crippen MR) is 83.8 cm³/mol. The van der Waals surface area contributed by atoms with E-state index in [9.17, 15) is 4.57 Å². The van der Waals surface area contributed by atoms with Crippen LogP contribution in [0.5, 0.6) is 0 Å². The number of hydrogen-bond acceptors (Lipinski definition) is 3. The van der Waals surface area contributed by atoms with Gasteiger partial charge in [-0.25, -0.2) is 0 Å². The molecule has 0 unspecified atom stereocenters. The third-order valence-corrected chi connectivity index (χ3v) is 4.63. The maximum absolute atomic E-state index is 12.4. The summed E-state index contributed by atoms with van der Waals surface area (Å²) in [4.78, 5) is 0. The van der Waals surface area contributed by atoms with E-state index < -0.39 is 7.60 Å². The van der Waals surface area contributed by atoms with Crippen molar-refractivity contribution in [3.63, 3.8) is 0 Å². The molecule has 0 aliphatic heterocycles. The van der Waals surface area contributed by atoms with Crippen LogP contribution in [0.15, 0.2) is 48.3 Å². The average Bonchev–Trinajstić information content (AvgIpc) is 2.46. The van der Waals surface area contributed by atoms with Gasteiger partial charge in [0.25, 0.3) is 0 Å². The quantitative estimate of drug-likeness (QED) is 0.696. The first-order valence-corrected chi connectivity index (χ1v) is 8.35. The Kier molecular flexibility index (Phi) is 5.13. The SMILES string of the molecule is CCOP(=O)(/C=C/c1cccc2ccccc12)OCC. The standard InChI is InChI=1S/C16H19O3P/c1-3-18-20(17,19-4-2)13-12-15-10-7-9-14-8-5-6-11-16(14)15/h5-13H,3-4H2,1-2H3/b13-12+. The van der Waals surface area contributed by atoms with E-state index >= 15 is 0 Å². The Morgan fingerprint density at radius 2 is 1.65 bits per heavy atom. The minimum atomic E-state index is -3.14. The maximum Gasteiger partial charge on any atom is 0.354 e. The molecule has 3 nitrogen and oxygen atoms in total. The Morgan fingerprint density at radius 3 is 2.35 bits per heavy atom. The van der Waals surface area contributed by atoms with E-state index in [-0.39, 0.29) is 0 Å². The van der Waals surface area contributed by atoms with Crippen LogP contribution in [0.2, 0.25) is 0 Å². The van der Waals surface area contributed by atoms with E-state index in [0.717, 1.165) is 16.3 Å². The fourth-order valence-electron chi connectivity index (χ4n) is 2.05. The van der Waals surface area contributed by atoms with Crippen LogP contribution in [0.4, 0.5) is 0 Å². The van der Waals surface area contributed by atoms with E-state index in [0.29, 0.717) is 13.2 Å². The molecular formula is C16H19O3P. The van der Waals surface area contributed by atoms with Crippen LogP contribution >= 0.6 is 7.60 Å². The van der Waals surface area contributed by atoms with E-state index in [1.54, 1.807) is 19.7 Å². The first kappa shape index (κ1) is 15.0. The first-order chi connectivity index (χ1) is 9.68. The lowest BCUT2D eigenvalue weighted by Gasteiger charge is -2.12. The highest BCUT2D eigenvalue weighted by molar-refractivity contribution is 7.57. The summed E-state index contributed by atoms with van der Waals surface area (Å²) in [5, 5.41) is 2.27. The molecule has 106 valence electrons. The van der Waals surface area contributed by atoms with Crippen molar-refractivity contribution in [2.24, 2.45) is 0 Å².